The van der Waals surface area contributed by atoms with Gasteiger partial charge in [-0.15, -0.1) is 0 Å². The summed E-state index contributed by atoms with van der Waals surface area (Å²) in [6.07, 6.45) is 0. The summed E-state index contributed by atoms with van der Waals surface area (Å²) in [5.74, 6) is -0.563. The van der Waals surface area contributed by atoms with Crippen molar-refractivity contribution in [2.24, 2.45) is 0 Å². The summed E-state index contributed by atoms with van der Waals surface area (Å²) in [6.45, 7) is 1.67. The van der Waals surface area contributed by atoms with Crippen molar-refractivity contribution in [2.45, 2.75) is 6.92 Å². The zero-order chi connectivity index (χ0) is 14.9. The molecule has 1 aromatic heterocycles. The number of pyridine rings is 1. The van der Waals surface area contributed by atoms with Crippen molar-refractivity contribution in [3.63, 3.8) is 0 Å². The first-order valence-electron chi connectivity index (χ1n) is 5.72. The molecule has 0 saturated carbocycles. The highest BCUT2D eigenvalue weighted by molar-refractivity contribution is 14.1. The molecule has 0 aliphatic rings. The van der Waals surface area contributed by atoms with Gasteiger partial charge in [-0.1, -0.05) is 23.7 Å². The first-order valence-corrected chi connectivity index (χ1v) is 7.18. The van der Waals surface area contributed by atoms with Crippen LogP contribution in [-0.2, 0) is 4.74 Å². The zero-order valence-electron chi connectivity index (χ0n) is 10.8. The number of para-hydroxylation sites is 1. The maximum Gasteiger partial charge on any atom is 0.341 e. The van der Waals surface area contributed by atoms with Gasteiger partial charge in [-0.05, 0) is 41.6 Å². The number of halogens is 2. The number of nitrogens with zero attached hydrogens (tertiary/aromatic N) is 1. The van der Waals surface area contributed by atoms with E-state index in [1.54, 1.807) is 6.92 Å². The summed E-state index contributed by atoms with van der Waals surface area (Å²) in [7, 11) is 1.28. The fraction of sp³-hybridized carbons (Fsp3) is 0.143. The van der Waals surface area contributed by atoms with Crippen LogP contribution >= 0.6 is 34.2 Å². The fourth-order valence-corrected chi connectivity index (χ4v) is 2.91. The molecule has 104 valence electrons. The van der Waals surface area contributed by atoms with Crippen molar-refractivity contribution in [2.75, 3.05) is 7.11 Å². The minimum Gasteiger partial charge on any atom is -0.465 e. The van der Waals surface area contributed by atoms with Crippen LogP contribution in [-0.4, -0.2) is 17.6 Å². The molecule has 0 spiro atoms. The number of hydrogen-bond donors (Lipinski definition) is 0. The molecule has 2 aromatic rings. The Morgan fingerprint density at radius 2 is 2.00 bits per heavy atom. The highest BCUT2D eigenvalue weighted by Crippen LogP contribution is 2.23. The first kappa shape index (κ1) is 15.1. The second-order valence-corrected chi connectivity index (χ2v) is 5.64. The molecule has 0 atom stereocenters. The molecule has 6 heteroatoms. The molecule has 20 heavy (non-hydrogen) atoms. The highest BCUT2D eigenvalue weighted by Gasteiger charge is 2.20. The molecule has 0 fully saturated rings. The molecule has 0 unspecified atom stereocenters. The van der Waals surface area contributed by atoms with E-state index in [9.17, 15) is 9.59 Å². The van der Waals surface area contributed by atoms with Crippen LogP contribution in [0.25, 0.3) is 5.69 Å². The summed E-state index contributed by atoms with van der Waals surface area (Å²) < 4.78 is 7.07. The number of carbonyl (C=O) groups excluding carboxylic acids is 1. The van der Waals surface area contributed by atoms with E-state index in [-0.39, 0.29) is 16.1 Å². The summed E-state index contributed by atoms with van der Waals surface area (Å²) >= 11 is 8.13. The molecule has 0 saturated heterocycles. The van der Waals surface area contributed by atoms with Crippen LogP contribution in [0.15, 0.2) is 35.1 Å². The van der Waals surface area contributed by atoms with Crippen molar-refractivity contribution >= 4 is 40.2 Å². The average molecular weight is 404 g/mol. The average Bonchev–Trinajstić information content (AvgIpc) is 2.40. The maximum absolute atomic E-state index is 12.2. The van der Waals surface area contributed by atoms with Crippen LogP contribution in [0.5, 0.6) is 0 Å². The Bertz CT molecular complexity index is 740. The Hall–Kier alpha value is -1.34. The third-order valence-electron chi connectivity index (χ3n) is 2.89. The van der Waals surface area contributed by atoms with Gasteiger partial charge in [0.25, 0.3) is 5.56 Å². The number of hydrogen-bond acceptors (Lipinski definition) is 3. The second kappa shape index (κ2) is 5.97. The molecule has 0 bridgehead atoms. The highest BCUT2D eigenvalue weighted by atomic mass is 127. The Morgan fingerprint density at radius 1 is 1.35 bits per heavy atom. The standard InChI is InChI=1S/C14H11ClINO3/c1-8-13(14(19)20-2)9(15)7-12(18)17(8)11-6-4-3-5-10(11)16/h3-7H,1-2H3. The smallest absolute Gasteiger partial charge is 0.341 e. The Balaban J connectivity index is 2.82. The molecule has 4 nitrogen and oxygen atoms in total. The molecule has 0 N–H and O–H groups in total. The fourth-order valence-electron chi connectivity index (χ4n) is 1.97. The van der Waals surface area contributed by atoms with Crippen LogP contribution < -0.4 is 5.56 Å². The molecule has 1 heterocycles. The lowest BCUT2D eigenvalue weighted by Gasteiger charge is -2.15. The number of benzene rings is 1. The minimum absolute atomic E-state index is 0.0986. The van der Waals surface area contributed by atoms with E-state index in [1.165, 1.54) is 17.7 Å². The molecule has 0 radical (unpaired) electrons. The number of esters is 1. The van der Waals surface area contributed by atoms with Gasteiger partial charge in [0, 0.05) is 15.3 Å². The molecule has 1 aromatic carbocycles. The van der Waals surface area contributed by atoms with Crippen LogP contribution in [0, 0.1) is 10.5 Å². The lowest BCUT2D eigenvalue weighted by atomic mass is 10.2. The number of methoxy groups -OCH3 is 1. The van der Waals surface area contributed by atoms with E-state index in [4.69, 9.17) is 16.3 Å². The van der Waals surface area contributed by atoms with E-state index >= 15 is 0 Å². The minimum atomic E-state index is -0.563. The van der Waals surface area contributed by atoms with E-state index in [2.05, 4.69) is 22.6 Å². The summed E-state index contributed by atoms with van der Waals surface area (Å²) in [5, 5.41) is 0.0986. The zero-order valence-corrected chi connectivity index (χ0v) is 13.7. The van der Waals surface area contributed by atoms with Crippen LogP contribution in [0.3, 0.4) is 0 Å². The number of aromatic nitrogens is 1. The van der Waals surface area contributed by atoms with E-state index in [1.807, 2.05) is 24.3 Å². The van der Waals surface area contributed by atoms with Crippen LogP contribution in [0.1, 0.15) is 16.1 Å². The first-order chi connectivity index (χ1) is 9.47. The van der Waals surface area contributed by atoms with Crippen molar-refractivity contribution in [3.05, 3.63) is 60.5 Å². The lowest BCUT2D eigenvalue weighted by Crippen LogP contribution is -2.24. The van der Waals surface area contributed by atoms with Crippen molar-refractivity contribution in [1.29, 1.82) is 0 Å². The van der Waals surface area contributed by atoms with E-state index < -0.39 is 5.97 Å². The third kappa shape index (κ3) is 2.60. The number of carbonyl (C=O) groups is 1. The molecular weight excluding hydrogens is 393 g/mol. The second-order valence-electron chi connectivity index (χ2n) is 4.07. The van der Waals surface area contributed by atoms with Crippen molar-refractivity contribution in [1.82, 2.24) is 4.57 Å². The quantitative estimate of drug-likeness (QED) is 0.572. The van der Waals surface area contributed by atoms with Crippen molar-refractivity contribution in [3.8, 4) is 5.69 Å². The number of ether oxygens (including phenoxy) is 1. The predicted octanol–water partition coefficient (Wildman–Crippen LogP) is 3.19. The van der Waals surface area contributed by atoms with Gasteiger partial charge in [0.05, 0.1) is 23.4 Å². The van der Waals surface area contributed by atoms with Gasteiger partial charge in [-0.25, -0.2) is 4.79 Å². The largest absolute Gasteiger partial charge is 0.465 e. The monoisotopic (exact) mass is 403 g/mol. The molecule has 0 amide bonds. The Labute approximate surface area is 134 Å². The van der Waals surface area contributed by atoms with Gasteiger partial charge < -0.3 is 4.74 Å². The summed E-state index contributed by atoms with van der Waals surface area (Å²) in [6, 6.07) is 8.63. The Kier molecular flexibility index (Phi) is 4.49. The van der Waals surface area contributed by atoms with Crippen LogP contribution in [0.2, 0.25) is 5.02 Å². The number of rotatable bonds is 2. The maximum atomic E-state index is 12.2. The molecule has 0 aliphatic heterocycles. The van der Waals surface area contributed by atoms with E-state index in [0.717, 1.165) is 3.57 Å². The third-order valence-corrected chi connectivity index (χ3v) is 4.10. The van der Waals surface area contributed by atoms with Gasteiger partial charge in [-0.3, -0.25) is 9.36 Å². The summed E-state index contributed by atoms with van der Waals surface area (Å²) in [5.41, 5.74) is 1.08. The van der Waals surface area contributed by atoms with Gasteiger partial charge in [0.1, 0.15) is 0 Å². The normalized spacial score (nSPS) is 10.4. The topological polar surface area (TPSA) is 48.3 Å². The summed E-state index contributed by atoms with van der Waals surface area (Å²) in [4.78, 5) is 24.0. The van der Waals surface area contributed by atoms with Gasteiger partial charge in [-0.2, -0.15) is 0 Å². The SMILES string of the molecule is COC(=O)c1c(Cl)cc(=O)n(-c2ccccc2I)c1C. The van der Waals surface area contributed by atoms with Gasteiger partial charge in [0.15, 0.2) is 0 Å². The lowest BCUT2D eigenvalue weighted by molar-refractivity contribution is 0.0599. The van der Waals surface area contributed by atoms with E-state index in [0.29, 0.717) is 11.4 Å². The van der Waals surface area contributed by atoms with Gasteiger partial charge >= 0.3 is 5.97 Å². The molecular formula is C14H11ClINO3. The van der Waals surface area contributed by atoms with Crippen molar-refractivity contribution < 1.29 is 9.53 Å². The van der Waals surface area contributed by atoms with Crippen LogP contribution in [0.4, 0.5) is 0 Å². The predicted molar refractivity (Wildman–Crippen MR) is 85.8 cm³/mol. The Morgan fingerprint density at radius 3 is 2.60 bits per heavy atom. The molecule has 0 aliphatic carbocycles. The molecule has 2 rings (SSSR count). The van der Waals surface area contributed by atoms with Gasteiger partial charge in [0.2, 0.25) is 0 Å².